The Kier molecular flexibility index (Phi) is 3.39. The molecule has 0 aliphatic heterocycles. The molecule has 1 N–H and O–H groups in total. The SMILES string of the molecule is OC=CCc1ccccc1-c1ccccc1. The zero-order chi connectivity index (χ0) is 11.2. The van der Waals surface area contributed by atoms with Crippen LogP contribution in [0.4, 0.5) is 0 Å². The van der Waals surface area contributed by atoms with Gasteiger partial charge in [-0.25, -0.2) is 0 Å². The molecule has 0 bridgehead atoms. The minimum Gasteiger partial charge on any atom is -0.516 e. The van der Waals surface area contributed by atoms with Crippen molar-refractivity contribution in [3.8, 4) is 11.1 Å². The molecule has 0 saturated heterocycles. The summed E-state index contributed by atoms with van der Waals surface area (Å²) in [5.74, 6) is 0. The fourth-order valence-electron chi connectivity index (χ4n) is 1.78. The van der Waals surface area contributed by atoms with Gasteiger partial charge >= 0.3 is 0 Å². The highest BCUT2D eigenvalue weighted by Crippen LogP contribution is 2.23. The molecule has 0 amide bonds. The van der Waals surface area contributed by atoms with Crippen LogP contribution in [0.3, 0.4) is 0 Å². The van der Waals surface area contributed by atoms with Crippen LogP contribution in [-0.2, 0) is 6.42 Å². The van der Waals surface area contributed by atoms with Gasteiger partial charge < -0.3 is 5.11 Å². The van der Waals surface area contributed by atoms with E-state index in [1.54, 1.807) is 6.08 Å². The zero-order valence-electron chi connectivity index (χ0n) is 9.01. The van der Waals surface area contributed by atoms with Crippen molar-refractivity contribution < 1.29 is 5.11 Å². The number of benzene rings is 2. The lowest BCUT2D eigenvalue weighted by atomic mass is 9.98. The Balaban J connectivity index is 2.40. The number of allylic oxidation sites excluding steroid dienone is 1. The van der Waals surface area contributed by atoms with E-state index >= 15 is 0 Å². The Labute approximate surface area is 95.7 Å². The monoisotopic (exact) mass is 210 g/mol. The number of hydrogen-bond acceptors (Lipinski definition) is 1. The van der Waals surface area contributed by atoms with E-state index in [1.165, 1.54) is 16.7 Å². The highest BCUT2D eigenvalue weighted by molar-refractivity contribution is 5.67. The molecule has 0 aromatic heterocycles. The first-order valence-electron chi connectivity index (χ1n) is 5.34. The summed E-state index contributed by atoms with van der Waals surface area (Å²) in [5.41, 5.74) is 3.66. The molecule has 80 valence electrons. The van der Waals surface area contributed by atoms with Gasteiger partial charge in [-0.05, 0) is 29.2 Å². The van der Waals surface area contributed by atoms with E-state index < -0.39 is 0 Å². The summed E-state index contributed by atoms with van der Waals surface area (Å²) in [6.07, 6.45) is 3.60. The molecule has 0 fully saturated rings. The van der Waals surface area contributed by atoms with E-state index in [2.05, 4.69) is 24.3 Å². The number of rotatable bonds is 3. The summed E-state index contributed by atoms with van der Waals surface area (Å²) < 4.78 is 0. The van der Waals surface area contributed by atoms with E-state index in [0.29, 0.717) is 0 Å². The first-order valence-corrected chi connectivity index (χ1v) is 5.34. The number of aliphatic hydroxyl groups excluding tert-OH is 1. The van der Waals surface area contributed by atoms with Gasteiger partial charge in [-0.15, -0.1) is 0 Å². The predicted octanol–water partition coefficient (Wildman–Crippen LogP) is 3.97. The third-order valence-corrected chi connectivity index (χ3v) is 2.55. The molecule has 1 nitrogen and oxygen atoms in total. The standard InChI is InChI=1S/C15H14O/c16-12-6-10-14-9-4-5-11-15(14)13-7-2-1-3-8-13/h1-9,11-12,16H,10H2. The van der Waals surface area contributed by atoms with Gasteiger partial charge in [0.05, 0.1) is 6.26 Å². The van der Waals surface area contributed by atoms with Crippen molar-refractivity contribution in [3.63, 3.8) is 0 Å². The highest BCUT2D eigenvalue weighted by Gasteiger charge is 2.01. The molecule has 0 heterocycles. The van der Waals surface area contributed by atoms with Crippen molar-refractivity contribution in [2.75, 3.05) is 0 Å². The Morgan fingerprint density at radius 1 is 0.875 bits per heavy atom. The molecular formula is C15H14O. The quantitative estimate of drug-likeness (QED) is 0.760. The molecule has 0 radical (unpaired) electrons. The summed E-state index contributed by atoms with van der Waals surface area (Å²) in [4.78, 5) is 0. The highest BCUT2D eigenvalue weighted by atomic mass is 16.2. The Hall–Kier alpha value is -2.02. The molecule has 0 unspecified atom stereocenters. The first kappa shape index (κ1) is 10.5. The maximum atomic E-state index is 8.71. The lowest BCUT2D eigenvalue weighted by molar-refractivity contribution is 0.471. The van der Waals surface area contributed by atoms with E-state index in [1.807, 2.05) is 30.3 Å². The fourth-order valence-corrected chi connectivity index (χ4v) is 1.78. The molecule has 0 aliphatic rings. The molecule has 0 spiro atoms. The molecular weight excluding hydrogens is 196 g/mol. The molecule has 1 heteroatoms. The summed E-state index contributed by atoms with van der Waals surface area (Å²) in [7, 11) is 0. The predicted molar refractivity (Wildman–Crippen MR) is 67.4 cm³/mol. The van der Waals surface area contributed by atoms with Crippen molar-refractivity contribution in [3.05, 3.63) is 72.5 Å². The molecule has 0 aliphatic carbocycles. The minimum atomic E-state index is 0.752. The van der Waals surface area contributed by atoms with Gasteiger partial charge in [-0.1, -0.05) is 54.6 Å². The van der Waals surface area contributed by atoms with Gasteiger partial charge in [0.1, 0.15) is 0 Å². The fraction of sp³-hybridized carbons (Fsp3) is 0.0667. The minimum absolute atomic E-state index is 0.752. The van der Waals surface area contributed by atoms with Gasteiger partial charge in [0, 0.05) is 0 Å². The third kappa shape index (κ3) is 2.31. The summed E-state index contributed by atoms with van der Waals surface area (Å²) in [6.45, 7) is 0. The van der Waals surface area contributed by atoms with Crippen molar-refractivity contribution in [1.29, 1.82) is 0 Å². The lowest BCUT2D eigenvalue weighted by Crippen LogP contribution is -1.87. The van der Waals surface area contributed by atoms with Crippen molar-refractivity contribution in [2.24, 2.45) is 0 Å². The summed E-state index contributed by atoms with van der Waals surface area (Å²) in [6, 6.07) is 18.5. The maximum Gasteiger partial charge on any atom is 0.0755 e. The second-order valence-corrected chi connectivity index (χ2v) is 3.61. The second-order valence-electron chi connectivity index (χ2n) is 3.61. The molecule has 0 saturated carbocycles. The van der Waals surface area contributed by atoms with Crippen molar-refractivity contribution >= 4 is 0 Å². The first-order chi connectivity index (χ1) is 7.92. The van der Waals surface area contributed by atoms with Gasteiger partial charge in [0.2, 0.25) is 0 Å². The summed E-state index contributed by atoms with van der Waals surface area (Å²) in [5, 5.41) is 8.71. The lowest BCUT2D eigenvalue weighted by Gasteiger charge is -2.07. The maximum absolute atomic E-state index is 8.71. The van der Waals surface area contributed by atoms with Crippen LogP contribution in [0.2, 0.25) is 0 Å². The van der Waals surface area contributed by atoms with Crippen LogP contribution in [0.1, 0.15) is 5.56 Å². The van der Waals surface area contributed by atoms with Crippen molar-refractivity contribution in [1.82, 2.24) is 0 Å². The van der Waals surface area contributed by atoms with Crippen LogP contribution < -0.4 is 0 Å². The van der Waals surface area contributed by atoms with E-state index in [4.69, 9.17) is 5.11 Å². The smallest absolute Gasteiger partial charge is 0.0755 e. The summed E-state index contributed by atoms with van der Waals surface area (Å²) >= 11 is 0. The van der Waals surface area contributed by atoms with Crippen LogP contribution in [0, 0.1) is 0 Å². The van der Waals surface area contributed by atoms with E-state index in [9.17, 15) is 0 Å². The van der Waals surface area contributed by atoms with Gasteiger partial charge in [-0.2, -0.15) is 0 Å². The molecule has 16 heavy (non-hydrogen) atoms. The third-order valence-electron chi connectivity index (χ3n) is 2.55. The molecule has 2 aromatic carbocycles. The molecule has 2 aromatic rings. The van der Waals surface area contributed by atoms with Crippen LogP contribution >= 0.6 is 0 Å². The second kappa shape index (κ2) is 5.17. The number of hydrogen-bond donors (Lipinski definition) is 1. The van der Waals surface area contributed by atoms with Crippen LogP contribution in [0.15, 0.2) is 66.9 Å². The van der Waals surface area contributed by atoms with Crippen LogP contribution in [0.5, 0.6) is 0 Å². The largest absolute Gasteiger partial charge is 0.516 e. The van der Waals surface area contributed by atoms with E-state index in [0.717, 1.165) is 12.7 Å². The van der Waals surface area contributed by atoms with Crippen LogP contribution in [-0.4, -0.2) is 5.11 Å². The molecule has 2 rings (SSSR count). The van der Waals surface area contributed by atoms with Gasteiger partial charge in [0.25, 0.3) is 0 Å². The average Bonchev–Trinajstić information content (AvgIpc) is 2.38. The Morgan fingerprint density at radius 3 is 2.31 bits per heavy atom. The van der Waals surface area contributed by atoms with Crippen LogP contribution in [0.25, 0.3) is 11.1 Å². The van der Waals surface area contributed by atoms with E-state index in [-0.39, 0.29) is 0 Å². The molecule has 0 atom stereocenters. The topological polar surface area (TPSA) is 20.2 Å². The van der Waals surface area contributed by atoms with Crippen molar-refractivity contribution in [2.45, 2.75) is 6.42 Å². The Morgan fingerprint density at radius 2 is 1.56 bits per heavy atom. The van der Waals surface area contributed by atoms with Gasteiger partial charge in [-0.3, -0.25) is 0 Å². The zero-order valence-corrected chi connectivity index (χ0v) is 9.01. The van der Waals surface area contributed by atoms with Gasteiger partial charge in [0.15, 0.2) is 0 Å². The normalized spacial score (nSPS) is 10.8. The average molecular weight is 210 g/mol. The number of aliphatic hydroxyl groups is 1. The Bertz CT molecular complexity index is 472.